The van der Waals surface area contributed by atoms with Crippen LogP contribution in [0.3, 0.4) is 0 Å². The van der Waals surface area contributed by atoms with Crippen molar-refractivity contribution in [1.82, 2.24) is 0 Å². The number of alkyl halides is 2. The molecule has 0 amide bonds. The lowest BCUT2D eigenvalue weighted by Gasteiger charge is -2.07. The Bertz CT molecular complexity index is 601. The lowest BCUT2D eigenvalue weighted by Crippen LogP contribution is -2.07. The van der Waals surface area contributed by atoms with Crippen LogP contribution in [0.15, 0.2) is 28.9 Å². The number of halogens is 3. The first-order valence-corrected chi connectivity index (χ1v) is 5.89. The summed E-state index contributed by atoms with van der Waals surface area (Å²) in [5.41, 5.74) is 8.80. The van der Waals surface area contributed by atoms with Gasteiger partial charge in [-0.15, -0.1) is 0 Å². The van der Waals surface area contributed by atoms with Crippen molar-refractivity contribution in [2.24, 2.45) is 5.11 Å². The summed E-state index contributed by atoms with van der Waals surface area (Å²) in [5.74, 6) is -0.857. The largest absolute Gasteiger partial charge is 0.466 e. The molecule has 21 heavy (non-hydrogen) atoms. The Labute approximate surface area is 123 Å². The zero-order chi connectivity index (χ0) is 15.8. The van der Waals surface area contributed by atoms with Gasteiger partial charge in [-0.25, -0.2) is 4.79 Å². The second-order valence-corrected chi connectivity index (χ2v) is 4.03. The van der Waals surface area contributed by atoms with Gasteiger partial charge in [0.2, 0.25) is 0 Å². The summed E-state index contributed by atoms with van der Waals surface area (Å²) in [4.78, 5) is 14.0. The minimum absolute atomic E-state index is 0.0444. The van der Waals surface area contributed by atoms with E-state index in [4.69, 9.17) is 17.1 Å². The summed E-state index contributed by atoms with van der Waals surface area (Å²) in [5, 5.41) is 3.23. The van der Waals surface area contributed by atoms with E-state index >= 15 is 0 Å². The maximum absolute atomic E-state index is 12.1. The molecular formula is C12H10ClF2N3O3. The number of carbonyl (C=O) groups excluding carboxylic acids is 1. The van der Waals surface area contributed by atoms with E-state index in [1.54, 1.807) is 0 Å². The molecule has 0 aromatic heterocycles. The van der Waals surface area contributed by atoms with Gasteiger partial charge in [-0.1, -0.05) is 22.8 Å². The number of methoxy groups -OCH3 is 1. The standard InChI is InChI=1S/C12H10ClF2N3O3/c1-20-11(19)8(6-17-18-16)4-7-2-3-10(9(13)5-7)21-12(14)15/h2-5,12H,6H2,1H3/b8-4-. The molecule has 0 heterocycles. The SMILES string of the molecule is COC(=O)/C(=C\c1ccc(OC(F)F)c(Cl)c1)CN=[N+]=[N-]. The molecule has 0 aliphatic heterocycles. The lowest BCUT2D eigenvalue weighted by atomic mass is 10.1. The highest BCUT2D eigenvalue weighted by Gasteiger charge is 2.11. The van der Waals surface area contributed by atoms with E-state index in [1.165, 1.54) is 31.4 Å². The van der Waals surface area contributed by atoms with E-state index in [1.807, 2.05) is 0 Å². The average molecular weight is 318 g/mol. The quantitative estimate of drug-likeness (QED) is 0.263. The number of carbonyl (C=O) groups is 1. The number of azide groups is 1. The second kappa shape index (κ2) is 8.08. The van der Waals surface area contributed by atoms with Gasteiger partial charge in [0, 0.05) is 10.5 Å². The van der Waals surface area contributed by atoms with Crippen molar-refractivity contribution >= 4 is 23.6 Å². The molecule has 0 saturated heterocycles. The third kappa shape index (κ3) is 5.29. The van der Waals surface area contributed by atoms with Crippen LogP contribution >= 0.6 is 11.6 Å². The van der Waals surface area contributed by atoms with E-state index in [2.05, 4.69) is 19.5 Å². The summed E-state index contributed by atoms with van der Waals surface area (Å²) in [6.45, 7) is -3.20. The van der Waals surface area contributed by atoms with Crippen LogP contribution in [0.25, 0.3) is 16.5 Å². The molecule has 0 fully saturated rings. The van der Waals surface area contributed by atoms with Gasteiger partial charge in [0.1, 0.15) is 5.75 Å². The predicted octanol–water partition coefficient (Wildman–Crippen LogP) is 3.81. The highest BCUT2D eigenvalue weighted by atomic mass is 35.5. The van der Waals surface area contributed by atoms with Gasteiger partial charge >= 0.3 is 12.6 Å². The van der Waals surface area contributed by atoms with Gasteiger partial charge in [-0.05, 0) is 29.3 Å². The first kappa shape index (κ1) is 16.7. The van der Waals surface area contributed by atoms with Crippen LogP contribution in [0.2, 0.25) is 5.02 Å². The Hall–Kier alpha value is -2.31. The summed E-state index contributed by atoms with van der Waals surface area (Å²) in [6.07, 6.45) is 1.37. The number of esters is 1. The van der Waals surface area contributed by atoms with Gasteiger partial charge in [-0.3, -0.25) is 0 Å². The monoisotopic (exact) mass is 317 g/mol. The average Bonchev–Trinajstić information content (AvgIpc) is 2.45. The van der Waals surface area contributed by atoms with Gasteiger partial charge in [0.05, 0.1) is 18.7 Å². The van der Waals surface area contributed by atoms with Crippen molar-refractivity contribution in [2.75, 3.05) is 13.7 Å². The molecule has 0 saturated carbocycles. The zero-order valence-electron chi connectivity index (χ0n) is 10.8. The van der Waals surface area contributed by atoms with Crippen LogP contribution in [0.1, 0.15) is 5.56 Å². The smallest absolute Gasteiger partial charge is 0.387 e. The summed E-state index contributed by atoms with van der Waals surface area (Å²) in [7, 11) is 1.18. The van der Waals surface area contributed by atoms with Gasteiger partial charge in [0.25, 0.3) is 0 Å². The number of benzene rings is 1. The second-order valence-electron chi connectivity index (χ2n) is 3.62. The topological polar surface area (TPSA) is 84.3 Å². The van der Waals surface area contributed by atoms with E-state index in [0.717, 1.165) is 0 Å². The molecule has 112 valence electrons. The number of rotatable bonds is 6. The first-order valence-electron chi connectivity index (χ1n) is 5.52. The summed E-state index contributed by atoms with van der Waals surface area (Å²) < 4.78 is 32.9. The molecule has 0 unspecified atom stereocenters. The van der Waals surface area contributed by atoms with Crippen molar-refractivity contribution in [3.05, 3.63) is 44.8 Å². The van der Waals surface area contributed by atoms with Crippen molar-refractivity contribution in [1.29, 1.82) is 0 Å². The normalized spacial score (nSPS) is 11.0. The molecule has 6 nitrogen and oxygen atoms in total. The summed E-state index contributed by atoms with van der Waals surface area (Å²) in [6, 6.07) is 3.99. The van der Waals surface area contributed by atoms with Crippen LogP contribution in [-0.2, 0) is 9.53 Å². The minimum atomic E-state index is -2.99. The van der Waals surface area contributed by atoms with Crippen molar-refractivity contribution in [3.63, 3.8) is 0 Å². The Kier molecular flexibility index (Phi) is 6.45. The molecule has 1 aromatic rings. The lowest BCUT2D eigenvalue weighted by molar-refractivity contribution is -0.136. The van der Waals surface area contributed by atoms with Gasteiger partial charge < -0.3 is 9.47 Å². The fraction of sp³-hybridized carbons (Fsp3) is 0.250. The number of ether oxygens (including phenoxy) is 2. The van der Waals surface area contributed by atoms with Crippen molar-refractivity contribution < 1.29 is 23.0 Å². The summed E-state index contributed by atoms with van der Waals surface area (Å²) >= 11 is 5.79. The van der Waals surface area contributed by atoms with Crippen molar-refractivity contribution in [3.8, 4) is 5.75 Å². The highest BCUT2D eigenvalue weighted by Crippen LogP contribution is 2.27. The molecule has 0 atom stereocenters. The molecule has 1 aromatic carbocycles. The highest BCUT2D eigenvalue weighted by molar-refractivity contribution is 6.32. The van der Waals surface area contributed by atoms with E-state index in [9.17, 15) is 13.6 Å². The van der Waals surface area contributed by atoms with Crippen molar-refractivity contribution in [2.45, 2.75) is 6.61 Å². The molecule has 0 aliphatic rings. The zero-order valence-corrected chi connectivity index (χ0v) is 11.6. The number of hydrogen-bond acceptors (Lipinski definition) is 4. The molecule has 0 N–H and O–H groups in total. The molecule has 1 rings (SSSR count). The van der Waals surface area contributed by atoms with Crippen LogP contribution in [0, 0.1) is 0 Å². The van der Waals surface area contributed by atoms with E-state index in [-0.39, 0.29) is 22.9 Å². The molecule has 0 spiro atoms. The van der Waals surface area contributed by atoms with Crippen LogP contribution in [-0.4, -0.2) is 26.2 Å². The van der Waals surface area contributed by atoms with Gasteiger partial charge in [0.15, 0.2) is 0 Å². The molecule has 0 radical (unpaired) electrons. The number of hydrogen-bond donors (Lipinski definition) is 0. The van der Waals surface area contributed by atoms with Crippen LogP contribution in [0.5, 0.6) is 5.75 Å². The predicted molar refractivity (Wildman–Crippen MR) is 72.1 cm³/mol. The fourth-order valence-electron chi connectivity index (χ4n) is 1.41. The Morgan fingerprint density at radius 3 is 2.81 bits per heavy atom. The Morgan fingerprint density at radius 2 is 2.29 bits per heavy atom. The van der Waals surface area contributed by atoms with E-state index < -0.39 is 12.6 Å². The maximum Gasteiger partial charge on any atom is 0.387 e. The molecule has 0 bridgehead atoms. The third-order valence-corrected chi connectivity index (χ3v) is 2.56. The van der Waals surface area contributed by atoms with Gasteiger partial charge in [-0.2, -0.15) is 8.78 Å². The Balaban J connectivity index is 3.07. The fourth-order valence-corrected chi connectivity index (χ4v) is 1.64. The first-order chi connectivity index (χ1) is 9.97. The van der Waals surface area contributed by atoms with Crippen LogP contribution in [0.4, 0.5) is 8.78 Å². The minimum Gasteiger partial charge on any atom is -0.466 e. The van der Waals surface area contributed by atoms with E-state index in [0.29, 0.717) is 5.56 Å². The maximum atomic E-state index is 12.1. The Morgan fingerprint density at radius 1 is 1.57 bits per heavy atom. The molecule has 9 heteroatoms. The molecule has 0 aliphatic carbocycles. The molecular weight excluding hydrogens is 308 g/mol. The third-order valence-electron chi connectivity index (χ3n) is 2.26. The number of nitrogens with zero attached hydrogens (tertiary/aromatic N) is 3. The van der Waals surface area contributed by atoms with Crippen LogP contribution < -0.4 is 4.74 Å².